The summed E-state index contributed by atoms with van der Waals surface area (Å²) in [5, 5.41) is 4.67. The van der Waals surface area contributed by atoms with E-state index in [-0.39, 0.29) is 5.78 Å². The third-order valence-electron chi connectivity index (χ3n) is 3.63. The molecule has 0 fully saturated rings. The molecule has 3 rings (SSSR count). The van der Waals surface area contributed by atoms with Gasteiger partial charge in [-0.1, -0.05) is 18.2 Å². The second-order valence-corrected chi connectivity index (χ2v) is 5.03. The molecule has 0 unspecified atom stereocenters. The van der Waals surface area contributed by atoms with Gasteiger partial charge in [-0.3, -0.25) is 4.79 Å². The highest BCUT2D eigenvalue weighted by molar-refractivity contribution is 5.91. The molecular weight excluding hydrogens is 236 g/mol. The number of aromatic nitrogens is 1. The Bertz CT molecular complexity index is 624. The van der Waals surface area contributed by atoms with E-state index < -0.39 is 0 Å². The molecule has 0 bridgehead atoms. The van der Waals surface area contributed by atoms with Crippen molar-refractivity contribution in [1.29, 1.82) is 0 Å². The van der Waals surface area contributed by atoms with Crippen LogP contribution < -0.4 is 5.32 Å². The molecule has 0 amide bonds. The van der Waals surface area contributed by atoms with Gasteiger partial charge < -0.3 is 10.3 Å². The molecule has 1 aromatic carbocycles. The van der Waals surface area contributed by atoms with Gasteiger partial charge in [0.25, 0.3) is 0 Å². The topological polar surface area (TPSA) is 44.9 Å². The maximum atomic E-state index is 11.3. The maximum Gasteiger partial charge on any atom is 0.157 e. The number of carbonyl (C=O) groups is 1. The van der Waals surface area contributed by atoms with Crippen LogP contribution >= 0.6 is 0 Å². The predicted molar refractivity (Wildman–Crippen MR) is 76.9 cm³/mol. The van der Waals surface area contributed by atoms with Crippen LogP contribution in [0, 0.1) is 0 Å². The number of allylic oxidation sites excluding steroid dienone is 2. The highest BCUT2D eigenvalue weighted by Crippen LogP contribution is 2.18. The zero-order valence-corrected chi connectivity index (χ0v) is 10.9. The lowest BCUT2D eigenvalue weighted by Gasteiger charge is -2.14. The number of hydrogen-bond donors (Lipinski definition) is 2. The molecule has 0 spiro atoms. The van der Waals surface area contributed by atoms with Crippen molar-refractivity contribution < 1.29 is 4.79 Å². The quantitative estimate of drug-likeness (QED) is 0.881. The first-order valence-electron chi connectivity index (χ1n) is 6.85. The zero-order valence-electron chi connectivity index (χ0n) is 10.9. The van der Waals surface area contributed by atoms with E-state index in [4.69, 9.17) is 0 Å². The predicted octanol–water partition coefficient (Wildman–Crippen LogP) is 2.94. The van der Waals surface area contributed by atoms with Crippen molar-refractivity contribution >= 4 is 16.7 Å². The van der Waals surface area contributed by atoms with Crippen LogP contribution in [-0.4, -0.2) is 17.3 Å². The van der Waals surface area contributed by atoms with Crippen molar-refractivity contribution in [1.82, 2.24) is 10.3 Å². The summed E-state index contributed by atoms with van der Waals surface area (Å²) in [7, 11) is 0. The monoisotopic (exact) mass is 254 g/mol. The summed E-state index contributed by atoms with van der Waals surface area (Å²) >= 11 is 0. The van der Waals surface area contributed by atoms with E-state index in [0.29, 0.717) is 6.42 Å². The Hall–Kier alpha value is -2.03. The average Bonchev–Trinajstić information content (AvgIpc) is 2.83. The summed E-state index contributed by atoms with van der Waals surface area (Å²) in [6.45, 7) is 0.876. The summed E-state index contributed by atoms with van der Waals surface area (Å²) in [6, 6.07) is 8.34. The van der Waals surface area contributed by atoms with Crippen molar-refractivity contribution in [3.63, 3.8) is 0 Å². The van der Waals surface area contributed by atoms with Crippen molar-refractivity contribution in [2.24, 2.45) is 0 Å². The molecule has 2 N–H and O–H groups in total. The highest BCUT2D eigenvalue weighted by atomic mass is 16.1. The molecule has 19 heavy (non-hydrogen) atoms. The van der Waals surface area contributed by atoms with E-state index >= 15 is 0 Å². The number of ketones is 1. The normalized spacial score (nSPS) is 15.6. The largest absolute Gasteiger partial charge is 0.388 e. The van der Waals surface area contributed by atoms with Crippen LogP contribution in [0.1, 0.15) is 24.8 Å². The number of hydrogen-bond acceptors (Lipinski definition) is 2. The van der Waals surface area contributed by atoms with Crippen molar-refractivity contribution in [3.8, 4) is 0 Å². The molecule has 3 heteroatoms. The van der Waals surface area contributed by atoms with Crippen molar-refractivity contribution in [2.45, 2.75) is 25.7 Å². The van der Waals surface area contributed by atoms with Crippen LogP contribution in [0.2, 0.25) is 0 Å². The van der Waals surface area contributed by atoms with Crippen LogP contribution in [-0.2, 0) is 11.2 Å². The van der Waals surface area contributed by atoms with E-state index in [9.17, 15) is 4.79 Å². The Balaban J connectivity index is 1.62. The fourth-order valence-corrected chi connectivity index (χ4v) is 2.63. The van der Waals surface area contributed by atoms with E-state index in [2.05, 4.69) is 34.7 Å². The smallest absolute Gasteiger partial charge is 0.157 e. The molecule has 2 aromatic rings. The van der Waals surface area contributed by atoms with Gasteiger partial charge in [-0.05, 0) is 30.9 Å². The van der Waals surface area contributed by atoms with Crippen molar-refractivity contribution in [2.75, 3.05) is 6.54 Å². The molecule has 1 aliphatic carbocycles. The van der Waals surface area contributed by atoms with Gasteiger partial charge in [0.1, 0.15) is 0 Å². The number of benzene rings is 1. The molecule has 0 radical (unpaired) electrons. The molecule has 0 atom stereocenters. The fraction of sp³-hybridized carbons (Fsp3) is 0.312. The number of para-hydroxylation sites is 1. The summed E-state index contributed by atoms with van der Waals surface area (Å²) in [5.41, 5.74) is 3.60. The minimum atomic E-state index is 0.251. The first-order chi connectivity index (χ1) is 9.33. The van der Waals surface area contributed by atoms with Gasteiger partial charge in [-0.15, -0.1) is 0 Å². The highest BCUT2D eigenvalue weighted by Gasteiger charge is 2.09. The molecule has 0 saturated heterocycles. The molecular formula is C16H18N2O. The minimum absolute atomic E-state index is 0.251. The van der Waals surface area contributed by atoms with Crippen LogP contribution in [0.3, 0.4) is 0 Å². The standard InChI is InChI=1S/C16H18N2O/c19-14-5-3-4-13(10-14)17-9-8-12-11-18-16-7-2-1-6-15(12)16/h1-2,6-7,10-11,17-18H,3-5,8-9H2. The van der Waals surface area contributed by atoms with E-state index in [0.717, 1.165) is 31.5 Å². The van der Waals surface area contributed by atoms with Gasteiger partial charge in [0.15, 0.2) is 5.78 Å². The molecule has 1 aliphatic rings. The second-order valence-electron chi connectivity index (χ2n) is 5.03. The average molecular weight is 254 g/mol. The number of carbonyl (C=O) groups excluding carboxylic acids is 1. The number of nitrogens with one attached hydrogen (secondary N) is 2. The van der Waals surface area contributed by atoms with Gasteiger partial charge >= 0.3 is 0 Å². The molecule has 0 aliphatic heterocycles. The fourth-order valence-electron chi connectivity index (χ4n) is 2.63. The van der Waals surface area contributed by atoms with E-state index in [1.807, 2.05) is 6.07 Å². The van der Waals surface area contributed by atoms with E-state index in [1.165, 1.54) is 16.5 Å². The number of rotatable bonds is 4. The van der Waals surface area contributed by atoms with Gasteiger partial charge in [0.2, 0.25) is 0 Å². The Morgan fingerprint density at radius 1 is 1.21 bits per heavy atom. The van der Waals surface area contributed by atoms with Gasteiger partial charge in [-0.2, -0.15) is 0 Å². The Labute approximate surface area is 112 Å². The summed E-state index contributed by atoms with van der Waals surface area (Å²) < 4.78 is 0. The SMILES string of the molecule is O=C1C=C(NCCc2c[nH]c3ccccc23)CCC1. The molecule has 1 aromatic heterocycles. The van der Waals surface area contributed by atoms with E-state index in [1.54, 1.807) is 6.08 Å². The van der Waals surface area contributed by atoms with Crippen LogP contribution in [0.15, 0.2) is 42.2 Å². The van der Waals surface area contributed by atoms with Crippen LogP contribution in [0.25, 0.3) is 10.9 Å². The molecule has 3 nitrogen and oxygen atoms in total. The lowest BCUT2D eigenvalue weighted by molar-refractivity contribution is -0.115. The van der Waals surface area contributed by atoms with Crippen LogP contribution in [0.5, 0.6) is 0 Å². The third-order valence-corrected chi connectivity index (χ3v) is 3.63. The third kappa shape index (κ3) is 2.70. The Morgan fingerprint density at radius 2 is 2.11 bits per heavy atom. The first-order valence-corrected chi connectivity index (χ1v) is 6.85. The van der Waals surface area contributed by atoms with Gasteiger partial charge in [0.05, 0.1) is 0 Å². The lowest BCUT2D eigenvalue weighted by atomic mass is 10.0. The number of aromatic amines is 1. The Morgan fingerprint density at radius 3 is 3.00 bits per heavy atom. The van der Waals surface area contributed by atoms with Crippen molar-refractivity contribution in [3.05, 3.63) is 47.8 Å². The minimum Gasteiger partial charge on any atom is -0.388 e. The zero-order chi connectivity index (χ0) is 13.1. The Kier molecular flexibility index (Phi) is 3.36. The molecule has 1 heterocycles. The van der Waals surface area contributed by atoms with Crippen LogP contribution in [0.4, 0.5) is 0 Å². The number of H-pyrrole nitrogens is 1. The molecule has 98 valence electrons. The summed E-state index contributed by atoms with van der Waals surface area (Å²) in [5.74, 6) is 0.251. The number of fused-ring (bicyclic) bond motifs is 1. The lowest BCUT2D eigenvalue weighted by Crippen LogP contribution is -2.20. The van der Waals surface area contributed by atoms with Gasteiger partial charge in [0, 0.05) is 41.8 Å². The maximum absolute atomic E-state index is 11.3. The molecule has 0 saturated carbocycles. The second kappa shape index (κ2) is 5.31. The first kappa shape index (κ1) is 12.0. The summed E-state index contributed by atoms with van der Waals surface area (Å²) in [4.78, 5) is 14.6. The van der Waals surface area contributed by atoms with Gasteiger partial charge in [-0.25, -0.2) is 0 Å². The summed E-state index contributed by atoms with van der Waals surface area (Å²) in [6.07, 6.45) is 7.49.